The van der Waals surface area contributed by atoms with E-state index in [0.29, 0.717) is 0 Å². The molecular formula is C14H16P2S2. The number of hydrogen-bond donors (Lipinski definition) is 0. The molecule has 2 aromatic rings. The lowest BCUT2D eigenvalue weighted by Crippen LogP contribution is -2.10. The highest BCUT2D eigenvalue weighted by molar-refractivity contribution is 8.70. The number of rotatable bonds is 3. The van der Waals surface area contributed by atoms with Crippen LogP contribution in [0, 0.1) is 0 Å². The van der Waals surface area contributed by atoms with Crippen LogP contribution < -0.4 is 10.6 Å². The molecule has 0 fully saturated rings. The van der Waals surface area contributed by atoms with Gasteiger partial charge in [-0.1, -0.05) is 84.3 Å². The van der Waals surface area contributed by atoms with Gasteiger partial charge in [-0.05, 0) is 23.9 Å². The van der Waals surface area contributed by atoms with E-state index in [1.54, 1.807) is 0 Å². The van der Waals surface area contributed by atoms with Gasteiger partial charge < -0.3 is 0 Å². The van der Waals surface area contributed by atoms with Crippen LogP contribution in [0.3, 0.4) is 0 Å². The van der Waals surface area contributed by atoms with Crippen LogP contribution in [-0.4, -0.2) is 13.3 Å². The van der Waals surface area contributed by atoms with E-state index in [0.717, 1.165) is 0 Å². The van der Waals surface area contributed by atoms with Crippen molar-refractivity contribution < 1.29 is 0 Å². The van der Waals surface area contributed by atoms with Gasteiger partial charge in [0.15, 0.2) is 0 Å². The zero-order valence-electron chi connectivity index (χ0n) is 10.5. The normalized spacial score (nSPS) is 17.7. The van der Waals surface area contributed by atoms with E-state index in [9.17, 15) is 0 Å². The first-order valence-electron chi connectivity index (χ1n) is 5.73. The van der Waals surface area contributed by atoms with Gasteiger partial charge in [-0.3, -0.25) is 0 Å². The summed E-state index contributed by atoms with van der Waals surface area (Å²) in [6, 6.07) is 20.8. The van der Waals surface area contributed by atoms with Gasteiger partial charge >= 0.3 is 0 Å². The maximum atomic E-state index is 5.98. The topological polar surface area (TPSA) is 0 Å². The molecule has 18 heavy (non-hydrogen) atoms. The molecule has 0 saturated heterocycles. The smallest absolute Gasteiger partial charge is 0.0148 e. The Hall–Kier alpha value is -0.260. The first-order chi connectivity index (χ1) is 8.46. The lowest BCUT2D eigenvalue weighted by atomic mass is 10.4. The molecule has 0 spiro atoms. The summed E-state index contributed by atoms with van der Waals surface area (Å²) in [5.74, 6) is 0. The predicted molar refractivity (Wildman–Crippen MR) is 92.6 cm³/mol. The molecule has 0 radical (unpaired) electrons. The van der Waals surface area contributed by atoms with E-state index in [1.807, 2.05) is 12.1 Å². The molecule has 0 saturated carbocycles. The van der Waals surface area contributed by atoms with Crippen LogP contribution in [0.25, 0.3) is 0 Å². The average Bonchev–Trinajstić information content (AvgIpc) is 2.40. The lowest BCUT2D eigenvalue weighted by Gasteiger charge is -2.29. The largest absolute Gasteiger partial charge is 0.0869 e. The molecule has 0 nitrogen and oxygen atoms in total. The Bertz CT molecular complexity index is 563. The Labute approximate surface area is 119 Å². The van der Waals surface area contributed by atoms with Crippen LogP contribution in [0.15, 0.2) is 60.7 Å². The van der Waals surface area contributed by atoms with Crippen LogP contribution in [0.5, 0.6) is 0 Å². The Morgan fingerprint density at radius 1 is 0.611 bits per heavy atom. The fraction of sp³-hybridized carbons (Fsp3) is 0.143. The summed E-state index contributed by atoms with van der Waals surface area (Å²) in [5, 5.41) is 2.52. The lowest BCUT2D eigenvalue weighted by molar-refractivity contribution is 1.77. The summed E-state index contributed by atoms with van der Waals surface area (Å²) >= 11 is 12.0. The van der Waals surface area contributed by atoms with Gasteiger partial charge in [-0.15, -0.1) is 0 Å². The van der Waals surface area contributed by atoms with Gasteiger partial charge in [0.05, 0.1) is 0 Å². The van der Waals surface area contributed by atoms with E-state index in [1.165, 1.54) is 10.6 Å². The molecular weight excluding hydrogens is 294 g/mol. The SMILES string of the molecule is CP(=S)(c1ccccc1)P(C)(=S)c1ccccc1. The van der Waals surface area contributed by atoms with Gasteiger partial charge in [-0.25, -0.2) is 0 Å². The minimum Gasteiger partial charge on any atom is -0.0869 e. The molecule has 2 atom stereocenters. The van der Waals surface area contributed by atoms with Gasteiger partial charge in [0.2, 0.25) is 0 Å². The quantitative estimate of drug-likeness (QED) is 0.792. The molecule has 2 aromatic carbocycles. The fourth-order valence-corrected chi connectivity index (χ4v) is 10.1. The van der Waals surface area contributed by atoms with Crippen LogP contribution in [-0.2, 0) is 23.6 Å². The molecule has 0 aliphatic rings. The first kappa shape index (κ1) is 14.2. The highest BCUT2D eigenvalue weighted by Gasteiger charge is 2.29. The summed E-state index contributed by atoms with van der Waals surface area (Å²) in [5.41, 5.74) is -3.42. The van der Waals surface area contributed by atoms with Crippen LogP contribution >= 0.6 is 11.5 Å². The average molecular weight is 310 g/mol. The van der Waals surface area contributed by atoms with E-state index < -0.39 is 11.5 Å². The maximum Gasteiger partial charge on any atom is 0.0148 e. The number of benzene rings is 2. The maximum absolute atomic E-state index is 5.98. The van der Waals surface area contributed by atoms with E-state index in [2.05, 4.69) is 61.9 Å². The summed E-state index contributed by atoms with van der Waals surface area (Å²) in [6.45, 7) is 4.40. The monoisotopic (exact) mass is 310 g/mol. The van der Waals surface area contributed by atoms with E-state index in [-0.39, 0.29) is 0 Å². The second kappa shape index (κ2) is 5.39. The zero-order valence-corrected chi connectivity index (χ0v) is 13.9. The van der Waals surface area contributed by atoms with Crippen molar-refractivity contribution in [3.05, 3.63) is 60.7 Å². The highest BCUT2D eigenvalue weighted by atomic mass is 32.8. The van der Waals surface area contributed by atoms with Crippen molar-refractivity contribution in [2.45, 2.75) is 0 Å². The molecule has 0 aromatic heterocycles. The molecule has 0 aliphatic carbocycles. The van der Waals surface area contributed by atoms with E-state index in [4.69, 9.17) is 23.6 Å². The summed E-state index contributed by atoms with van der Waals surface area (Å²) in [4.78, 5) is 0. The van der Waals surface area contributed by atoms with Gasteiger partial charge in [-0.2, -0.15) is 0 Å². The van der Waals surface area contributed by atoms with Crippen molar-refractivity contribution >= 4 is 45.7 Å². The Balaban J connectivity index is 2.55. The van der Waals surface area contributed by atoms with E-state index >= 15 is 0 Å². The molecule has 0 heterocycles. The van der Waals surface area contributed by atoms with Gasteiger partial charge in [0, 0.05) is 11.5 Å². The second-order valence-corrected chi connectivity index (χ2v) is 19.8. The van der Waals surface area contributed by atoms with Crippen LogP contribution in [0.2, 0.25) is 0 Å². The first-order valence-corrected chi connectivity index (χ1v) is 12.9. The Morgan fingerprint density at radius 3 is 1.17 bits per heavy atom. The van der Waals surface area contributed by atoms with Crippen molar-refractivity contribution in [3.8, 4) is 0 Å². The molecule has 0 aliphatic heterocycles. The third-order valence-corrected chi connectivity index (χ3v) is 21.0. The highest BCUT2D eigenvalue weighted by Crippen LogP contribution is 2.76. The molecule has 4 heteroatoms. The summed E-state index contributed by atoms with van der Waals surface area (Å²) in [6.07, 6.45) is 0. The van der Waals surface area contributed by atoms with Crippen LogP contribution in [0.4, 0.5) is 0 Å². The molecule has 0 N–H and O–H groups in total. The van der Waals surface area contributed by atoms with Crippen molar-refractivity contribution in [1.82, 2.24) is 0 Å². The zero-order chi connectivity index (χ0) is 13.2. The predicted octanol–water partition coefficient (Wildman–Crippen LogP) is 3.77. The standard InChI is InChI=1S/C14H16P2S2/c1-15(17,13-9-5-3-6-10-13)16(2,18)14-11-7-4-8-12-14/h3-12H,1-2H3. The Morgan fingerprint density at radius 2 is 0.889 bits per heavy atom. The fourth-order valence-electron chi connectivity index (χ4n) is 1.85. The Kier molecular flexibility index (Phi) is 4.24. The second-order valence-electron chi connectivity index (χ2n) is 4.43. The van der Waals surface area contributed by atoms with Crippen molar-refractivity contribution in [3.63, 3.8) is 0 Å². The number of hydrogen-bond acceptors (Lipinski definition) is 2. The molecule has 2 unspecified atom stereocenters. The van der Waals surface area contributed by atoms with Crippen molar-refractivity contribution in [2.75, 3.05) is 13.3 Å². The molecule has 94 valence electrons. The molecule has 0 amide bonds. The van der Waals surface area contributed by atoms with Crippen molar-refractivity contribution in [2.24, 2.45) is 0 Å². The molecule has 0 bridgehead atoms. The molecule has 2 rings (SSSR count). The summed E-state index contributed by atoms with van der Waals surface area (Å²) < 4.78 is 0. The van der Waals surface area contributed by atoms with Gasteiger partial charge in [0.25, 0.3) is 0 Å². The third-order valence-electron chi connectivity index (χ3n) is 3.20. The minimum atomic E-state index is -1.71. The van der Waals surface area contributed by atoms with Crippen molar-refractivity contribution in [1.29, 1.82) is 0 Å². The minimum absolute atomic E-state index is 1.26. The summed E-state index contributed by atoms with van der Waals surface area (Å²) in [7, 11) is 0. The third kappa shape index (κ3) is 2.53. The van der Waals surface area contributed by atoms with Gasteiger partial charge in [0.1, 0.15) is 0 Å². The van der Waals surface area contributed by atoms with Crippen LogP contribution in [0.1, 0.15) is 0 Å².